The van der Waals surface area contributed by atoms with E-state index in [2.05, 4.69) is 5.32 Å². The second-order valence-corrected chi connectivity index (χ2v) is 5.32. The first-order valence-electron chi connectivity index (χ1n) is 7.18. The number of amides is 1. The summed E-state index contributed by atoms with van der Waals surface area (Å²) >= 11 is 0. The number of hydrogen-bond acceptors (Lipinski definition) is 4. The summed E-state index contributed by atoms with van der Waals surface area (Å²) in [6.45, 7) is 3.34. The Labute approximate surface area is 123 Å². The van der Waals surface area contributed by atoms with Crippen molar-refractivity contribution >= 4 is 23.3 Å². The van der Waals surface area contributed by atoms with Crippen molar-refractivity contribution in [2.24, 2.45) is 0 Å². The second kappa shape index (κ2) is 6.47. The molecule has 1 aromatic rings. The Morgan fingerprint density at radius 2 is 1.95 bits per heavy atom. The van der Waals surface area contributed by atoms with Gasteiger partial charge in [0.15, 0.2) is 0 Å². The maximum atomic E-state index is 12.3. The maximum absolute atomic E-state index is 12.3. The zero-order valence-electron chi connectivity index (χ0n) is 12.1. The number of nitrogens with zero attached hydrogens (tertiary/aromatic N) is 1. The van der Waals surface area contributed by atoms with E-state index in [0.29, 0.717) is 5.69 Å². The third-order valence-corrected chi connectivity index (χ3v) is 3.75. The fraction of sp³-hybridized carbons (Fsp3) is 0.467. The van der Waals surface area contributed by atoms with E-state index in [-0.39, 0.29) is 17.2 Å². The maximum Gasteiger partial charge on any atom is 0.337 e. The minimum atomic E-state index is -1.08. The van der Waals surface area contributed by atoms with Crippen LogP contribution in [0.2, 0.25) is 0 Å². The summed E-state index contributed by atoms with van der Waals surface area (Å²) in [6.07, 6.45) is 3.24. The quantitative estimate of drug-likeness (QED) is 0.735. The van der Waals surface area contributed by atoms with Gasteiger partial charge in [0.25, 0.3) is 0 Å². The first kappa shape index (κ1) is 15.2. The average molecular weight is 291 g/mol. The van der Waals surface area contributed by atoms with E-state index < -0.39 is 12.0 Å². The Hall–Kier alpha value is -2.24. The normalized spacial score (nSPS) is 16.3. The van der Waals surface area contributed by atoms with Crippen molar-refractivity contribution in [2.75, 3.05) is 24.1 Å². The molecule has 1 saturated heterocycles. The lowest BCUT2D eigenvalue weighted by Gasteiger charge is -2.30. The molecule has 4 N–H and O–H groups in total. The summed E-state index contributed by atoms with van der Waals surface area (Å²) in [5, 5.41) is 12.1. The van der Waals surface area contributed by atoms with Crippen LogP contribution in [0.5, 0.6) is 0 Å². The van der Waals surface area contributed by atoms with Crippen molar-refractivity contribution in [3.8, 4) is 0 Å². The van der Waals surface area contributed by atoms with Crippen molar-refractivity contribution in [3.63, 3.8) is 0 Å². The molecule has 1 amide bonds. The van der Waals surface area contributed by atoms with Crippen LogP contribution in [0, 0.1) is 0 Å². The minimum Gasteiger partial charge on any atom is -0.478 e. The fourth-order valence-electron chi connectivity index (χ4n) is 2.56. The number of para-hydroxylation sites is 1. The van der Waals surface area contributed by atoms with Gasteiger partial charge in [0.1, 0.15) is 6.04 Å². The van der Waals surface area contributed by atoms with E-state index in [9.17, 15) is 9.59 Å². The van der Waals surface area contributed by atoms with E-state index in [1.54, 1.807) is 19.1 Å². The van der Waals surface area contributed by atoms with Crippen molar-refractivity contribution in [3.05, 3.63) is 23.8 Å². The minimum absolute atomic E-state index is 0.0230. The van der Waals surface area contributed by atoms with Crippen LogP contribution in [0.15, 0.2) is 18.2 Å². The number of nitrogens with one attached hydrogen (secondary N) is 1. The van der Waals surface area contributed by atoms with Gasteiger partial charge in [-0.2, -0.15) is 0 Å². The molecular weight excluding hydrogens is 270 g/mol. The first-order chi connectivity index (χ1) is 10.0. The summed E-state index contributed by atoms with van der Waals surface area (Å²) < 4.78 is 0. The fourth-order valence-corrected chi connectivity index (χ4v) is 2.56. The number of rotatable bonds is 4. The molecule has 2 rings (SSSR count). The molecule has 1 aromatic carbocycles. The molecule has 1 aliphatic heterocycles. The summed E-state index contributed by atoms with van der Waals surface area (Å²) in [5.41, 5.74) is 6.52. The zero-order chi connectivity index (χ0) is 15.4. The molecule has 0 aliphatic carbocycles. The van der Waals surface area contributed by atoms with Crippen LogP contribution in [0.4, 0.5) is 11.4 Å². The number of anilines is 2. The van der Waals surface area contributed by atoms with Gasteiger partial charge >= 0.3 is 5.97 Å². The van der Waals surface area contributed by atoms with Gasteiger partial charge in [-0.1, -0.05) is 6.07 Å². The zero-order valence-corrected chi connectivity index (χ0v) is 12.1. The van der Waals surface area contributed by atoms with Crippen LogP contribution >= 0.6 is 0 Å². The van der Waals surface area contributed by atoms with E-state index in [4.69, 9.17) is 10.8 Å². The Kier molecular flexibility index (Phi) is 4.67. The smallest absolute Gasteiger partial charge is 0.337 e. The number of benzene rings is 1. The molecule has 1 fully saturated rings. The topological polar surface area (TPSA) is 95.7 Å². The van der Waals surface area contributed by atoms with Crippen LogP contribution in [0.25, 0.3) is 0 Å². The number of carbonyl (C=O) groups is 2. The number of aromatic carboxylic acids is 1. The van der Waals surface area contributed by atoms with Gasteiger partial charge in [-0.15, -0.1) is 0 Å². The van der Waals surface area contributed by atoms with Crippen LogP contribution < -0.4 is 11.1 Å². The molecule has 1 heterocycles. The highest BCUT2D eigenvalue weighted by atomic mass is 16.4. The molecule has 21 heavy (non-hydrogen) atoms. The molecule has 0 saturated carbocycles. The Morgan fingerprint density at radius 3 is 2.57 bits per heavy atom. The van der Waals surface area contributed by atoms with Gasteiger partial charge in [0, 0.05) is 13.1 Å². The molecule has 1 aliphatic rings. The largest absolute Gasteiger partial charge is 0.478 e. The van der Waals surface area contributed by atoms with Gasteiger partial charge < -0.3 is 21.1 Å². The molecule has 1 atom stereocenters. The molecule has 0 aromatic heterocycles. The lowest BCUT2D eigenvalue weighted by atomic mass is 10.1. The van der Waals surface area contributed by atoms with Crippen molar-refractivity contribution < 1.29 is 14.7 Å². The van der Waals surface area contributed by atoms with Crippen LogP contribution in [0.1, 0.15) is 36.5 Å². The van der Waals surface area contributed by atoms with E-state index in [1.807, 2.05) is 4.90 Å². The lowest BCUT2D eigenvalue weighted by molar-refractivity contribution is -0.132. The predicted octanol–water partition coefficient (Wildman–Crippen LogP) is 1.78. The highest BCUT2D eigenvalue weighted by Gasteiger charge is 2.23. The summed E-state index contributed by atoms with van der Waals surface area (Å²) in [4.78, 5) is 25.2. The molecule has 0 radical (unpaired) electrons. The van der Waals surface area contributed by atoms with Crippen LogP contribution in [-0.2, 0) is 4.79 Å². The number of hydrogen-bond donors (Lipinski definition) is 3. The SMILES string of the molecule is CC(Nc1cccc(C(=O)O)c1N)C(=O)N1CCCCC1. The molecule has 0 spiro atoms. The van der Waals surface area contributed by atoms with Crippen LogP contribution in [0.3, 0.4) is 0 Å². The molecule has 1 unspecified atom stereocenters. The molecular formula is C15H21N3O3. The Bertz CT molecular complexity index is 539. The summed E-state index contributed by atoms with van der Waals surface area (Å²) in [7, 11) is 0. The lowest BCUT2D eigenvalue weighted by Crippen LogP contribution is -2.44. The van der Waals surface area contributed by atoms with Gasteiger partial charge in [-0.05, 0) is 38.3 Å². The molecule has 6 nitrogen and oxygen atoms in total. The highest BCUT2D eigenvalue weighted by molar-refractivity contribution is 5.97. The number of carboxylic acids is 1. The number of likely N-dealkylation sites (tertiary alicyclic amines) is 1. The average Bonchev–Trinajstić information content (AvgIpc) is 2.49. The third kappa shape index (κ3) is 3.45. The van der Waals surface area contributed by atoms with Crippen molar-refractivity contribution in [1.29, 1.82) is 0 Å². The predicted molar refractivity (Wildman–Crippen MR) is 81.3 cm³/mol. The summed E-state index contributed by atoms with van der Waals surface area (Å²) in [5.74, 6) is -1.05. The molecule has 6 heteroatoms. The van der Waals surface area contributed by atoms with Crippen LogP contribution in [-0.4, -0.2) is 41.0 Å². The van der Waals surface area contributed by atoms with Crippen molar-refractivity contribution in [2.45, 2.75) is 32.2 Å². The molecule has 114 valence electrons. The van der Waals surface area contributed by atoms with Gasteiger partial charge in [0.05, 0.1) is 16.9 Å². The standard InChI is InChI=1S/C15H21N3O3/c1-10(14(19)18-8-3-2-4-9-18)17-12-7-5-6-11(13(12)16)15(20)21/h5-7,10,17H,2-4,8-9,16H2,1H3,(H,20,21). The second-order valence-electron chi connectivity index (χ2n) is 5.32. The highest BCUT2D eigenvalue weighted by Crippen LogP contribution is 2.24. The number of nitrogens with two attached hydrogens (primary N) is 1. The monoisotopic (exact) mass is 291 g/mol. The Morgan fingerprint density at radius 1 is 1.29 bits per heavy atom. The number of nitrogen functional groups attached to an aromatic ring is 1. The third-order valence-electron chi connectivity index (χ3n) is 3.75. The number of piperidine rings is 1. The van der Waals surface area contributed by atoms with Gasteiger partial charge in [0.2, 0.25) is 5.91 Å². The van der Waals surface area contributed by atoms with Gasteiger partial charge in [-0.25, -0.2) is 4.79 Å². The van der Waals surface area contributed by atoms with Gasteiger partial charge in [-0.3, -0.25) is 4.79 Å². The number of carboxylic acid groups (broad SMARTS) is 1. The Balaban J connectivity index is 2.08. The first-order valence-corrected chi connectivity index (χ1v) is 7.18. The molecule has 0 bridgehead atoms. The van der Waals surface area contributed by atoms with E-state index >= 15 is 0 Å². The van der Waals surface area contributed by atoms with Crippen molar-refractivity contribution in [1.82, 2.24) is 4.90 Å². The van der Waals surface area contributed by atoms with E-state index in [1.165, 1.54) is 12.5 Å². The number of carbonyl (C=O) groups excluding carboxylic acids is 1. The van der Waals surface area contributed by atoms with E-state index in [0.717, 1.165) is 25.9 Å². The summed E-state index contributed by atoms with van der Waals surface area (Å²) in [6, 6.07) is 4.30.